The summed E-state index contributed by atoms with van der Waals surface area (Å²) in [6.07, 6.45) is 3.50. The number of halogens is 1. The molecule has 2 heteroatoms. The monoisotopic (exact) mass is 193 g/mol. The first-order valence-electron chi connectivity index (χ1n) is 4.83. The number of allylic oxidation sites excluding steroid dienone is 1. The van der Waals surface area contributed by atoms with Gasteiger partial charge in [-0.25, -0.2) is 4.39 Å². The molecule has 14 heavy (non-hydrogen) atoms. The Morgan fingerprint density at radius 2 is 2.07 bits per heavy atom. The first-order chi connectivity index (χ1) is 6.83. The molecule has 0 aromatic heterocycles. The zero-order valence-electron chi connectivity index (χ0n) is 8.41. The molecule has 1 N–H and O–H groups in total. The van der Waals surface area contributed by atoms with Crippen molar-refractivity contribution in [1.82, 2.24) is 5.32 Å². The van der Waals surface area contributed by atoms with Crippen molar-refractivity contribution in [3.63, 3.8) is 0 Å². The summed E-state index contributed by atoms with van der Waals surface area (Å²) in [4.78, 5) is 0. The third-order valence-electron chi connectivity index (χ3n) is 1.93. The van der Waals surface area contributed by atoms with Crippen LogP contribution in [0.5, 0.6) is 0 Å². The van der Waals surface area contributed by atoms with Gasteiger partial charge in [-0.1, -0.05) is 42.5 Å². The molecule has 0 fully saturated rings. The van der Waals surface area contributed by atoms with Crippen molar-refractivity contribution in [3.8, 4) is 0 Å². The Kier molecular flexibility index (Phi) is 4.94. The first-order valence-corrected chi connectivity index (χ1v) is 4.83. The molecule has 0 spiro atoms. The molecule has 0 amide bonds. The van der Waals surface area contributed by atoms with Crippen molar-refractivity contribution >= 4 is 6.08 Å². The highest BCUT2D eigenvalue weighted by Crippen LogP contribution is 2.04. The fraction of sp³-hybridized carbons (Fsp3) is 0.333. The predicted octanol–water partition coefficient (Wildman–Crippen LogP) is 2.65. The topological polar surface area (TPSA) is 12.0 Å². The molecule has 0 heterocycles. The summed E-state index contributed by atoms with van der Waals surface area (Å²) in [5.41, 5.74) is 1.11. The Hall–Kier alpha value is -1.15. The van der Waals surface area contributed by atoms with E-state index in [-0.39, 0.29) is 0 Å². The molecule has 0 bridgehead atoms. The smallest absolute Gasteiger partial charge is 0.116 e. The lowest BCUT2D eigenvalue weighted by Crippen LogP contribution is -2.18. The maximum Gasteiger partial charge on any atom is 0.116 e. The van der Waals surface area contributed by atoms with Crippen LogP contribution in [0.4, 0.5) is 4.39 Å². The molecule has 0 aliphatic rings. The molecule has 1 nitrogen and oxygen atoms in total. The van der Waals surface area contributed by atoms with Crippen molar-refractivity contribution in [2.24, 2.45) is 0 Å². The lowest BCUT2D eigenvalue weighted by Gasteiger charge is -2.02. The molecule has 0 aliphatic heterocycles. The fourth-order valence-corrected chi connectivity index (χ4v) is 1.22. The number of nitrogens with one attached hydrogen (secondary N) is 1. The second kappa shape index (κ2) is 6.33. The van der Waals surface area contributed by atoms with Gasteiger partial charge in [0.1, 0.15) is 6.17 Å². The standard InChI is InChI=1S/C12H16FN/c1-14-10-12(13)9-5-8-11-6-3-2-4-7-11/h2-8,12,14H,9-10H2,1H3/b8-5+. The first kappa shape index (κ1) is 10.9. The van der Waals surface area contributed by atoms with E-state index in [1.165, 1.54) is 0 Å². The SMILES string of the molecule is CNCC(F)C/C=C/c1ccccc1. The second-order valence-corrected chi connectivity index (χ2v) is 3.20. The van der Waals surface area contributed by atoms with E-state index in [0.717, 1.165) is 5.56 Å². The van der Waals surface area contributed by atoms with Gasteiger partial charge in [-0.15, -0.1) is 0 Å². The third kappa shape index (κ3) is 4.19. The predicted molar refractivity (Wildman–Crippen MR) is 58.9 cm³/mol. The lowest BCUT2D eigenvalue weighted by atomic mass is 10.2. The van der Waals surface area contributed by atoms with Crippen LogP contribution in [0.2, 0.25) is 0 Å². The van der Waals surface area contributed by atoms with E-state index < -0.39 is 6.17 Å². The Morgan fingerprint density at radius 3 is 2.71 bits per heavy atom. The molecule has 1 aromatic rings. The minimum Gasteiger partial charge on any atom is -0.317 e. The molecular formula is C12H16FN. The number of hydrogen-bond donors (Lipinski definition) is 1. The van der Waals surface area contributed by atoms with Gasteiger partial charge in [0, 0.05) is 6.54 Å². The maximum absolute atomic E-state index is 13.0. The van der Waals surface area contributed by atoms with Crippen LogP contribution in [0.15, 0.2) is 36.4 Å². The summed E-state index contributed by atoms with van der Waals surface area (Å²) in [7, 11) is 1.76. The van der Waals surface area contributed by atoms with Crippen LogP contribution in [0.3, 0.4) is 0 Å². The average molecular weight is 193 g/mol. The maximum atomic E-state index is 13.0. The van der Waals surface area contributed by atoms with Gasteiger partial charge in [0.05, 0.1) is 0 Å². The van der Waals surface area contributed by atoms with Gasteiger partial charge >= 0.3 is 0 Å². The van der Waals surface area contributed by atoms with E-state index in [1.54, 1.807) is 7.05 Å². The van der Waals surface area contributed by atoms with Crippen molar-refractivity contribution in [2.75, 3.05) is 13.6 Å². The molecule has 1 rings (SSSR count). The molecule has 0 saturated heterocycles. The summed E-state index contributed by atoms with van der Waals surface area (Å²) in [6.45, 7) is 0.416. The van der Waals surface area contributed by atoms with E-state index >= 15 is 0 Å². The number of rotatable bonds is 5. The lowest BCUT2D eigenvalue weighted by molar-refractivity contribution is 0.329. The van der Waals surface area contributed by atoms with Crippen LogP contribution in [-0.4, -0.2) is 19.8 Å². The van der Waals surface area contributed by atoms with Crippen molar-refractivity contribution in [2.45, 2.75) is 12.6 Å². The summed E-state index contributed by atoms with van der Waals surface area (Å²) >= 11 is 0. The molecule has 0 aliphatic carbocycles. The highest BCUT2D eigenvalue weighted by atomic mass is 19.1. The average Bonchev–Trinajstić information content (AvgIpc) is 2.20. The minimum atomic E-state index is -0.792. The highest BCUT2D eigenvalue weighted by molar-refractivity contribution is 5.48. The van der Waals surface area contributed by atoms with E-state index in [0.29, 0.717) is 13.0 Å². The fourth-order valence-electron chi connectivity index (χ4n) is 1.22. The largest absolute Gasteiger partial charge is 0.317 e. The zero-order valence-corrected chi connectivity index (χ0v) is 8.41. The van der Waals surface area contributed by atoms with Crippen LogP contribution in [0.1, 0.15) is 12.0 Å². The van der Waals surface area contributed by atoms with E-state index in [2.05, 4.69) is 5.32 Å². The van der Waals surface area contributed by atoms with Gasteiger partial charge in [-0.05, 0) is 19.0 Å². The number of hydrogen-bond acceptors (Lipinski definition) is 1. The Morgan fingerprint density at radius 1 is 1.36 bits per heavy atom. The number of benzene rings is 1. The zero-order chi connectivity index (χ0) is 10.2. The summed E-state index contributed by atoms with van der Waals surface area (Å²) < 4.78 is 13.0. The number of alkyl halides is 1. The van der Waals surface area contributed by atoms with Crippen LogP contribution in [0, 0.1) is 0 Å². The van der Waals surface area contributed by atoms with Gasteiger partial charge in [0.2, 0.25) is 0 Å². The van der Waals surface area contributed by atoms with Gasteiger partial charge in [-0.3, -0.25) is 0 Å². The Labute approximate surface area is 84.6 Å². The van der Waals surface area contributed by atoms with Crippen LogP contribution >= 0.6 is 0 Å². The molecule has 76 valence electrons. The Bertz CT molecular complexity index is 269. The highest BCUT2D eigenvalue weighted by Gasteiger charge is 2.00. The van der Waals surface area contributed by atoms with Crippen molar-refractivity contribution in [1.29, 1.82) is 0 Å². The van der Waals surface area contributed by atoms with Crippen LogP contribution in [-0.2, 0) is 0 Å². The summed E-state index contributed by atoms with van der Waals surface area (Å²) in [6, 6.07) is 9.92. The molecule has 0 radical (unpaired) electrons. The van der Waals surface area contributed by atoms with Crippen LogP contribution < -0.4 is 5.32 Å². The van der Waals surface area contributed by atoms with Gasteiger partial charge < -0.3 is 5.32 Å². The van der Waals surface area contributed by atoms with E-state index in [1.807, 2.05) is 42.5 Å². The Balaban J connectivity index is 2.34. The molecule has 1 aromatic carbocycles. The van der Waals surface area contributed by atoms with Crippen molar-refractivity contribution in [3.05, 3.63) is 42.0 Å². The second-order valence-electron chi connectivity index (χ2n) is 3.20. The van der Waals surface area contributed by atoms with E-state index in [9.17, 15) is 4.39 Å². The quantitative estimate of drug-likeness (QED) is 0.758. The van der Waals surface area contributed by atoms with Gasteiger partial charge in [-0.2, -0.15) is 0 Å². The van der Waals surface area contributed by atoms with Gasteiger partial charge in [0.15, 0.2) is 0 Å². The molecule has 0 saturated carbocycles. The minimum absolute atomic E-state index is 0.416. The van der Waals surface area contributed by atoms with E-state index in [4.69, 9.17) is 0 Å². The molecule has 1 atom stereocenters. The van der Waals surface area contributed by atoms with Crippen molar-refractivity contribution < 1.29 is 4.39 Å². The van der Waals surface area contributed by atoms with Crippen LogP contribution in [0.25, 0.3) is 6.08 Å². The normalized spacial score (nSPS) is 13.3. The van der Waals surface area contributed by atoms with Gasteiger partial charge in [0.25, 0.3) is 0 Å². The summed E-state index contributed by atoms with van der Waals surface area (Å²) in [5, 5.41) is 2.81. The third-order valence-corrected chi connectivity index (χ3v) is 1.93. The summed E-state index contributed by atoms with van der Waals surface area (Å²) in [5.74, 6) is 0. The molecule has 1 unspecified atom stereocenters. The molecular weight excluding hydrogens is 177 g/mol.